The molecule has 0 aliphatic heterocycles. The zero-order valence-corrected chi connectivity index (χ0v) is 12.1. The molecule has 0 bridgehead atoms. The fourth-order valence-electron chi connectivity index (χ4n) is 2.34. The quantitative estimate of drug-likeness (QED) is 0.916. The van der Waals surface area contributed by atoms with E-state index >= 15 is 0 Å². The highest BCUT2D eigenvalue weighted by molar-refractivity contribution is 5.66. The number of benzene rings is 1. The second-order valence-corrected chi connectivity index (χ2v) is 5.00. The Bertz CT molecular complexity index is 554. The van der Waals surface area contributed by atoms with Gasteiger partial charge in [-0.05, 0) is 18.9 Å². The van der Waals surface area contributed by atoms with Gasteiger partial charge in [0, 0.05) is 20.6 Å². The summed E-state index contributed by atoms with van der Waals surface area (Å²) < 4.78 is 1.86. The first-order valence-corrected chi connectivity index (χ1v) is 6.61. The summed E-state index contributed by atoms with van der Waals surface area (Å²) in [5.41, 5.74) is 10.5. The third-order valence-electron chi connectivity index (χ3n) is 3.37. The van der Waals surface area contributed by atoms with Gasteiger partial charge in [-0.1, -0.05) is 36.8 Å². The van der Waals surface area contributed by atoms with Gasteiger partial charge in [-0.2, -0.15) is 5.10 Å². The molecule has 0 atom stereocenters. The van der Waals surface area contributed by atoms with E-state index in [1.165, 1.54) is 11.1 Å². The maximum atomic E-state index is 6.17. The number of aryl methyl sites for hydroxylation is 3. The lowest BCUT2D eigenvalue weighted by molar-refractivity contribution is 0.720. The standard InChI is InChI=1S/C15H22N4/c1-5-13-14(16)15(19(4)17-13)18(3)10-12-8-6-11(2)7-9-12/h6-9H,5,10,16H2,1-4H3. The van der Waals surface area contributed by atoms with Crippen LogP contribution in [0, 0.1) is 6.92 Å². The largest absolute Gasteiger partial charge is 0.394 e. The Labute approximate surface area is 114 Å². The Morgan fingerprint density at radius 2 is 1.89 bits per heavy atom. The van der Waals surface area contributed by atoms with Crippen LogP contribution in [0.3, 0.4) is 0 Å². The molecule has 0 saturated carbocycles. The number of hydrogen-bond donors (Lipinski definition) is 1. The minimum absolute atomic E-state index is 0.791. The topological polar surface area (TPSA) is 47.1 Å². The first kappa shape index (κ1) is 13.5. The van der Waals surface area contributed by atoms with Gasteiger partial charge in [0.15, 0.2) is 0 Å². The summed E-state index contributed by atoms with van der Waals surface area (Å²) in [6, 6.07) is 8.57. The molecule has 2 N–H and O–H groups in total. The van der Waals surface area contributed by atoms with Crippen molar-refractivity contribution in [3.63, 3.8) is 0 Å². The summed E-state index contributed by atoms with van der Waals surface area (Å²) in [5, 5.41) is 4.46. The van der Waals surface area contributed by atoms with Gasteiger partial charge < -0.3 is 10.6 Å². The first-order valence-electron chi connectivity index (χ1n) is 6.61. The Hall–Kier alpha value is -1.97. The van der Waals surface area contributed by atoms with Gasteiger partial charge in [0.1, 0.15) is 5.82 Å². The summed E-state index contributed by atoms with van der Waals surface area (Å²) in [6.45, 7) is 5.00. The fourth-order valence-corrected chi connectivity index (χ4v) is 2.34. The molecule has 0 amide bonds. The van der Waals surface area contributed by atoms with Gasteiger partial charge in [-0.3, -0.25) is 4.68 Å². The maximum absolute atomic E-state index is 6.17. The van der Waals surface area contributed by atoms with E-state index in [9.17, 15) is 0 Å². The molecule has 2 aromatic rings. The number of anilines is 2. The Morgan fingerprint density at radius 3 is 2.42 bits per heavy atom. The molecule has 0 aliphatic carbocycles. The highest BCUT2D eigenvalue weighted by Gasteiger charge is 2.15. The van der Waals surface area contributed by atoms with Crippen molar-refractivity contribution in [2.24, 2.45) is 7.05 Å². The molecule has 4 nitrogen and oxygen atoms in total. The maximum Gasteiger partial charge on any atom is 0.150 e. The van der Waals surface area contributed by atoms with E-state index in [1.807, 2.05) is 18.8 Å². The first-order chi connectivity index (χ1) is 9.02. The molecule has 1 heterocycles. The van der Waals surface area contributed by atoms with E-state index < -0.39 is 0 Å². The molecule has 2 rings (SSSR count). The van der Waals surface area contributed by atoms with Crippen LogP contribution in [0.4, 0.5) is 11.5 Å². The second-order valence-electron chi connectivity index (χ2n) is 5.00. The van der Waals surface area contributed by atoms with Crippen LogP contribution >= 0.6 is 0 Å². The molecule has 0 aliphatic rings. The van der Waals surface area contributed by atoms with Crippen LogP contribution in [0.5, 0.6) is 0 Å². The Morgan fingerprint density at radius 1 is 1.26 bits per heavy atom. The van der Waals surface area contributed by atoms with Crippen LogP contribution in [-0.2, 0) is 20.0 Å². The van der Waals surface area contributed by atoms with Gasteiger partial charge >= 0.3 is 0 Å². The van der Waals surface area contributed by atoms with Crippen molar-refractivity contribution < 1.29 is 0 Å². The average molecular weight is 258 g/mol. The predicted octanol–water partition coefficient (Wildman–Crippen LogP) is 2.51. The molecule has 0 saturated heterocycles. The molecular weight excluding hydrogens is 236 g/mol. The van der Waals surface area contributed by atoms with E-state index in [4.69, 9.17) is 5.73 Å². The summed E-state index contributed by atoms with van der Waals surface area (Å²) in [7, 11) is 3.99. The molecule has 1 aromatic carbocycles. The number of nitrogens with zero attached hydrogens (tertiary/aromatic N) is 3. The third kappa shape index (κ3) is 2.72. The van der Waals surface area contributed by atoms with E-state index in [2.05, 4.69) is 48.1 Å². The van der Waals surface area contributed by atoms with Gasteiger partial charge in [0.25, 0.3) is 0 Å². The molecule has 0 radical (unpaired) electrons. The normalized spacial score (nSPS) is 10.7. The van der Waals surface area contributed by atoms with Crippen molar-refractivity contribution in [1.29, 1.82) is 0 Å². The monoisotopic (exact) mass is 258 g/mol. The van der Waals surface area contributed by atoms with Crippen LogP contribution in [0.1, 0.15) is 23.7 Å². The number of aromatic nitrogens is 2. The fraction of sp³-hybridized carbons (Fsp3) is 0.400. The highest BCUT2D eigenvalue weighted by atomic mass is 15.4. The molecule has 4 heteroatoms. The lowest BCUT2D eigenvalue weighted by Gasteiger charge is -2.20. The lowest BCUT2D eigenvalue weighted by Crippen LogP contribution is -2.20. The zero-order chi connectivity index (χ0) is 14.0. The van der Waals surface area contributed by atoms with Crippen molar-refractivity contribution in [3.8, 4) is 0 Å². The smallest absolute Gasteiger partial charge is 0.150 e. The Balaban J connectivity index is 2.22. The van der Waals surface area contributed by atoms with E-state index in [-0.39, 0.29) is 0 Å². The number of rotatable bonds is 4. The molecule has 0 fully saturated rings. The molecular formula is C15H22N4. The highest BCUT2D eigenvalue weighted by Crippen LogP contribution is 2.26. The summed E-state index contributed by atoms with van der Waals surface area (Å²) >= 11 is 0. The van der Waals surface area contributed by atoms with Crippen molar-refractivity contribution in [3.05, 3.63) is 41.1 Å². The molecule has 0 spiro atoms. The predicted molar refractivity (Wildman–Crippen MR) is 80.3 cm³/mol. The second kappa shape index (κ2) is 5.34. The van der Waals surface area contributed by atoms with Gasteiger partial charge in [-0.15, -0.1) is 0 Å². The van der Waals surface area contributed by atoms with Crippen LogP contribution < -0.4 is 10.6 Å². The molecule has 102 valence electrons. The van der Waals surface area contributed by atoms with Gasteiger partial charge in [-0.25, -0.2) is 0 Å². The zero-order valence-electron chi connectivity index (χ0n) is 12.1. The van der Waals surface area contributed by atoms with Crippen molar-refractivity contribution >= 4 is 11.5 Å². The van der Waals surface area contributed by atoms with Crippen LogP contribution in [0.25, 0.3) is 0 Å². The van der Waals surface area contributed by atoms with E-state index in [0.717, 1.165) is 30.2 Å². The average Bonchev–Trinajstić information content (AvgIpc) is 2.67. The summed E-state index contributed by atoms with van der Waals surface area (Å²) in [6.07, 6.45) is 0.859. The summed E-state index contributed by atoms with van der Waals surface area (Å²) in [5.74, 6) is 0.984. The van der Waals surface area contributed by atoms with Gasteiger partial charge in [0.05, 0.1) is 11.4 Å². The Kier molecular flexibility index (Phi) is 3.79. The van der Waals surface area contributed by atoms with Crippen molar-refractivity contribution in [2.75, 3.05) is 17.7 Å². The molecule has 19 heavy (non-hydrogen) atoms. The minimum Gasteiger partial charge on any atom is -0.394 e. The van der Waals surface area contributed by atoms with E-state index in [1.54, 1.807) is 0 Å². The van der Waals surface area contributed by atoms with Crippen LogP contribution in [0.15, 0.2) is 24.3 Å². The van der Waals surface area contributed by atoms with Crippen LogP contribution in [0.2, 0.25) is 0 Å². The van der Waals surface area contributed by atoms with Crippen molar-refractivity contribution in [1.82, 2.24) is 9.78 Å². The molecule has 1 aromatic heterocycles. The van der Waals surface area contributed by atoms with Gasteiger partial charge in [0.2, 0.25) is 0 Å². The van der Waals surface area contributed by atoms with E-state index in [0.29, 0.717) is 0 Å². The summed E-state index contributed by atoms with van der Waals surface area (Å²) in [4.78, 5) is 2.14. The third-order valence-corrected chi connectivity index (χ3v) is 3.37. The molecule has 0 unspecified atom stereocenters. The number of hydrogen-bond acceptors (Lipinski definition) is 3. The lowest BCUT2D eigenvalue weighted by atomic mass is 10.1. The van der Waals surface area contributed by atoms with Crippen LogP contribution in [-0.4, -0.2) is 16.8 Å². The minimum atomic E-state index is 0.791. The number of nitrogens with two attached hydrogens (primary N) is 1. The van der Waals surface area contributed by atoms with Crippen molar-refractivity contribution in [2.45, 2.75) is 26.8 Å². The SMILES string of the molecule is CCc1nn(C)c(N(C)Cc2ccc(C)cc2)c1N. The number of nitrogen functional groups attached to an aromatic ring is 1.